The molecule has 0 saturated carbocycles. The van der Waals surface area contributed by atoms with Crippen LogP contribution in [-0.2, 0) is 10.0 Å². The molecule has 0 aromatic heterocycles. The van der Waals surface area contributed by atoms with E-state index in [1.807, 2.05) is 30.3 Å². The summed E-state index contributed by atoms with van der Waals surface area (Å²) in [5.74, 6) is 0.561. The standard InChI is InChI=1S/C18H22N2O4S/c1-3-19-25(22,23)17-11-9-15(10-12-17)18(21)20(2)13-14-24-16-7-5-4-6-8-16/h4-12,19H,3,13-14H2,1-2H3. The quantitative estimate of drug-likeness (QED) is 0.781. The number of benzene rings is 2. The SMILES string of the molecule is CCNS(=O)(=O)c1ccc(C(=O)N(C)CCOc2ccccc2)cc1. The van der Waals surface area contributed by atoms with E-state index in [4.69, 9.17) is 4.74 Å². The normalized spacial score (nSPS) is 11.1. The van der Waals surface area contributed by atoms with E-state index < -0.39 is 10.0 Å². The minimum Gasteiger partial charge on any atom is -0.492 e. The molecule has 1 amide bonds. The smallest absolute Gasteiger partial charge is 0.253 e. The molecule has 0 atom stereocenters. The number of carbonyl (C=O) groups is 1. The van der Waals surface area contributed by atoms with Gasteiger partial charge in [0.05, 0.1) is 11.4 Å². The zero-order chi connectivity index (χ0) is 18.3. The first-order valence-electron chi connectivity index (χ1n) is 7.97. The molecule has 0 aliphatic heterocycles. The number of rotatable bonds is 8. The molecule has 2 aromatic carbocycles. The lowest BCUT2D eigenvalue weighted by Crippen LogP contribution is -2.31. The topological polar surface area (TPSA) is 75.7 Å². The van der Waals surface area contributed by atoms with Crippen molar-refractivity contribution in [1.29, 1.82) is 0 Å². The van der Waals surface area contributed by atoms with E-state index in [9.17, 15) is 13.2 Å². The predicted molar refractivity (Wildman–Crippen MR) is 96.2 cm³/mol. The second kappa shape index (κ2) is 8.64. The summed E-state index contributed by atoms with van der Waals surface area (Å²) in [4.78, 5) is 14.1. The maximum atomic E-state index is 12.4. The summed E-state index contributed by atoms with van der Waals surface area (Å²) >= 11 is 0. The number of hydrogen-bond acceptors (Lipinski definition) is 4. The van der Waals surface area contributed by atoms with Crippen molar-refractivity contribution in [2.24, 2.45) is 0 Å². The summed E-state index contributed by atoms with van der Waals surface area (Å²) in [5.41, 5.74) is 0.428. The van der Waals surface area contributed by atoms with Crippen molar-refractivity contribution < 1.29 is 17.9 Å². The summed E-state index contributed by atoms with van der Waals surface area (Å²) < 4.78 is 31.8. The molecule has 2 rings (SSSR count). The van der Waals surface area contributed by atoms with Crippen molar-refractivity contribution in [3.8, 4) is 5.75 Å². The van der Waals surface area contributed by atoms with Gasteiger partial charge in [-0.3, -0.25) is 4.79 Å². The second-order valence-corrected chi connectivity index (χ2v) is 7.18. The van der Waals surface area contributed by atoms with Crippen LogP contribution >= 0.6 is 0 Å². The van der Waals surface area contributed by atoms with Gasteiger partial charge in [-0.1, -0.05) is 25.1 Å². The van der Waals surface area contributed by atoms with Crippen LogP contribution in [0.5, 0.6) is 5.75 Å². The number of para-hydroxylation sites is 1. The molecule has 0 radical (unpaired) electrons. The molecule has 0 bridgehead atoms. The van der Waals surface area contributed by atoms with Gasteiger partial charge in [-0.25, -0.2) is 13.1 Å². The Labute approximate surface area is 148 Å². The van der Waals surface area contributed by atoms with Crippen LogP contribution in [0.4, 0.5) is 0 Å². The Morgan fingerprint density at radius 3 is 2.32 bits per heavy atom. The summed E-state index contributed by atoms with van der Waals surface area (Å²) in [6.45, 7) is 2.82. The number of nitrogens with one attached hydrogen (secondary N) is 1. The van der Waals surface area contributed by atoms with Gasteiger partial charge in [-0.2, -0.15) is 0 Å². The van der Waals surface area contributed by atoms with Crippen molar-refractivity contribution in [2.45, 2.75) is 11.8 Å². The zero-order valence-electron chi connectivity index (χ0n) is 14.3. The van der Waals surface area contributed by atoms with Crippen LogP contribution in [-0.4, -0.2) is 46.0 Å². The van der Waals surface area contributed by atoms with Gasteiger partial charge in [0, 0.05) is 19.2 Å². The van der Waals surface area contributed by atoms with Crippen LogP contribution < -0.4 is 9.46 Å². The highest BCUT2D eigenvalue weighted by atomic mass is 32.2. The van der Waals surface area contributed by atoms with Gasteiger partial charge < -0.3 is 9.64 Å². The van der Waals surface area contributed by atoms with Crippen LogP contribution in [0.1, 0.15) is 17.3 Å². The highest BCUT2D eigenvalue weighted by Gasteiger charge is 2.15. The Kier molecular flexibility index (Phi) is 6.55. The van der Waals surface area contributed by atoms with Gasteiger partial charge in [0.25, 0.3) is 5.91 Å². The Morgan fingerprint density at radius 2 is 1.72 bits per heavy atom. The van der Waals surface area contributed by atoms with Crippen LogP contribution in [0.2, 0.25) is 0 Å². The average Bonchev–Trinajstić information content (AvgIpc) is 2.62. The molecule has 1 N–H and O–H groups in total. The molecule has 134 valence electrons. The van der Waals surface area contributed by atoms with Gasteiger partial charge in [0.1, 0.15) is 12.4 Å². The molecule has 25 heavy (non-hydrogen) atoms. The number of amides is 1. The van der Waals surface area contributed by atoms with Crippen molar-refractivity contribution in [1.82, 2.24) is 9.62 Å². The fourth-order valence-corrected chi connectivity index (χ4v) is 3.23. The number of ether oxygens (including phenoxy) is 1. The molecule has 6 nitrogen and oxygen atoms in total. The molecule has 0 aliphatic carbocycles. The molecular formula is C18H22N2O4S. The lowest BCUT2D eigenvalue weighted by Gasteiger charge is -2.17. The third kappa shape index (κ3) is 5.30. The maximum Gasteiger partial charge on any atom is 0.253 e. The molecule has 0 saturated heterocycles. The maximum absolute atomic E-state index is 12.4. The van der Waals surface area contributed by atoms with Crippen LogP contribution in [0.3, 0.4) is 0 Å². The van der Waals surface area contributed by atoms with Crippen LogP contribution in [0, 0.1) is 0 Å². The number of carbonyl (C=O) groups excluding carboxylic acids is 1. The summed E-state index contributed by atoms with van der Waals surface area (Å²) in [6, 6.07) is 15.3. The first-order valence-corrected chi connectivity index (χ1v) is 9.45. The second-order valence-electron chi connectivity index (χ2n) is 5.41. The number of nitrogens with zero attached hydrogens (tertiary/aromatic N) is 1. The van der Waals surface area contributed by atoms with Crippen molar-refractivity contribution in [3.05, 3.63) is 60.2 Å². The van der Waals surface area contributed by atoms with Crippen molar-refractivity contribution in [3.63, 3.8) is 0 Å². The molecule has 0 heterocycles. The fourth-order valence-electron chi connectivity index (χ4n) is 2.19. The molecular weight excluding hydrogens is 340 g/mol. The van der Waals surface area contributed by atoms with Crippen molar-refractivity contribution in [2.75, 3.05) is 26.7 Å². The molecule has 0 spiro atoms. The van der Waals surface area contributed by atoms with E-state index in [2.05, 4.69) is 4.72 Å². The monoisotopic (exact) mass is 362 g/mol. The van der Waals surface area contributed by atoms with Crippen molar-refractivity contribution >= 4 is 15.9 Å². The van der Waals surface area contributed by atoms with E-state index in [0.29, 0.717) is 25.3 Å². The van der Waals surface area contributed by atoms with Gasteiger partial charge in [0.15, 0.2) is 0 Å². The molecule has 0 fully saturated rings. The van der Waals surface area contributed by atoms with E-state index >= 15 is 0 Å². The largest absolute Gasteiger partial charge is 0.492 e. The Balaban J connectivity index is 1.93. The zero-order valence-corrected chi connectivity index (χ0v) is 15.1. The average molecular weight is 362 g/mol. The Hall–Kier alpha value is -2.38. The van der Waals surface area contributed by atoms with E-state index in [1.54, 1.807) is 14.0 Å². The van der Waals surface area contributed by atoms with Crippen LogP contribution in [0.25, 0.3) is 0 Å². The fraction of sp³-hybridized carbons (Fsp3) is 0.278. The molecule has 7 heteroatoms. The summed E-state index contributed by atoms with van der Waals surface area (Å²) in [5, 5.41) is 0. The minimum absolute atomic E-state index is 0.140. The van der Waals surface area contributed by atoms with E-state index in [0.717, 1.165) is 5.75 Å². The minimum atomic E-state index is -3.51. The van der Waals surface area contributed by atoms with Gasteiger partial charge >= 0.3 is 0 Å². The lowest BCUT2D eigenvalue weighted by atomic mass is 10.2. The van der Waals surface area contributed by atoms with Gasteiger partial charge in [-0.05, 0) is 36.4 Å². The van der Waals surface area contributed by atoms with E-state index in [-0.39, 0.29) is 10.8 Å². The number of likely N-dealkylation sites (N-methyl/N-ethyl adjacent to an activating group) is 1. The molecule has 0 aliphatic rings. The third-order valence-electron chi connectivity index (χ3n) is 3.53. The lowest BCUT2D eigenvalue weighted by molar-refractivity contribution is 0.0773. The Bertz CT molecular complexity index is 790. The number of sulfonamides is 1. The Morgan fingerprint density at radius 1 is 1.08 bits per heavy atom. The highest BCUT2D eigenvalue weighted by Crippen LogP contribution is 2.12. The van der Waals surface area contributed by atoms with E-state index in [1.165, 1.54) is 29.2 Å². The van der Waals surface area contributed by atoms with Crippen LogP contribution in [0.15, 0.2) is 59.5 Å². The first-order chi connectivity index (χ1) is 11.9. The summed E-state index contributed by atoms with van der Waals surface area (Å²) in [7, 11) is -1.83. The first kappa shape index (κ1) is 19.0. The highest BCUT2D eigenvalue weighted by molar-refractivity contribution is 7.89. The molecule has 2 aromatic rings. The van der Waals surface area contributed by atoms with Gasteiger partial charge in [-0.15, -0.1) is 0 Å². The molecule has 0 unspecified atom stereocenters. The summed E-state index contributed by atoms with van der Waals surface area (Å²) in [6.07, 6.45) is 0. The van der Waals surface area contributed by atoms with Gasteiger partial charge in [0.2, 0.25) is 10.0 Å². The predicted octanol–water partition coefficient (Wildman–Crippen LogP) is 2.14. The third-order valence-corrected chi connectivity index (χ3v) is 5.09. The number of hydrogen-bond donors (Lipinski definition) is 1.